The van der Waals surface area contributed by atoms with E-state index in [1.54, 1.807) is 24.4 Å². The molecule has 3 rings (SSSR count). The van der Waals surface area contributed by atoms with Crippen LogP contribution in [0.5, 0.6) is 0 Å². The van der Waals surface area contributed by atoms with Crippen molar-refractivity contribution in [2.24, 2.45) is 0 Å². The molecule has 0 unspecified atom stereocenters. The summed E-state index contributed by atoms with van der Waals surface area (Å²) in [5, 5.41) is 11.8. The molecule has 0 amide bonds. The molecule has 92 valence electrons. The predicted molar refractivity (Wildman–Crippen MR) is 72.0 cm³/mol. The Morgan fingerprint density at radius 2 is 1.61 bits per heavy atom. The van der Waals surface area contributed by atoms with Gasteiger partial charge in [0.25, 0.3) is 5.56 Å². The number of rotatable bonds is 0. The van der Waals surface area contributed by atoms with Crippen LogP contribution in [-0.4, -0.2) is 14.9 Å². The van der Waals surface area contributed by atoms with E-state index in [2.05, 4.69) is 4.98 Å². The van der Waals surface area contributed by atoms with Crippen molar-refractivity contribution in [1.29, 1.82) is 0 Å². The van der Waals surface area contributed by atoms with Crippen molar-refractivity contribution in [3.8, 4) is 0 Å². The molecule has 0 saturated heterocycles. The molecule has 0 aliphatic heterocycles. The van der Waals surface area contributed by atoms with Crippen molar-refractivity contribution in [2.75, 3.05) is 0 Å². The molecular formula is C14H14N2O2. The summed E-state index contributed by atoms with van der Waals surface area (Å²) in [5.74, 6) is 0. The van der Waals surface area contributed by atoms with Crippen LogP contribution in [0.1, 0.15) is 13.8 Å². The summed E-state index contributed by atoms with van der Waals surface area (Å²) in [7, 11) is 0. The van der Waals surface area contributed by atoms with Gasteiger partial charge >= 0.3 is 0 Å². The SMILES string of the molecule is CC.O=c1c2ccccc2c2cccnc2n1O. The van der Waals surface area contributed by atoms with Crippen LogP contribution >= 0.6 is 0 Å². The predicted octanol–water partition coefficient (Wildman–Crippen LogP) is 2.81. The van der Waals surface area contributed by atoms with Crippen LogP contribution in [0.15, 0.2) is 47.4 Å². The van der Waals surface area contributed by atoms with E-state index in [1.807, 2.05) is 32.0 Å². The summed E-state index contributed by atoms with van der Waals surface area (Å²) in [4.78, 5) is 15.8. The van der Waals surface area contributed by atoms with Crippen LogP contribution in [0.4, 0.5) is 0 Å². The van der Waals surface area contributed by atoms with Crippen molar-refractivity contribution in [3.05, 3.63) is 52.9 Å². The van der Waals surface area contributed by atoms with E-state index in [1.165, 1.54) is 0 Å². The summed E-state index contributed by atoms with van der Waals surface area (Å²) >= 11 is 0. The number of benzene rings is 1. The summed E-state index contributed by atoms with van der Waals surface area (Å²) in [6.45, 7) is 4.00. The minimum Gasteiger partial charge on any atom is -0.423 e. The van der Waals surface area contributed by atoms with Crippen LogP contribution in [0.2, 0.25) is 0 Å². The van der Waals surface area contributed by atoms with Crippen LogP contribution in [0.25, 0.3) is 21.8 Å². The summed E-state index contributed by atoms with van der Waals surface area (Å²) in [5.41, 5.74) is -0.159. The first-order valence-corrected chi connectivity index (χ1v) is 5.87. The number of fused-ring (bicyclic) bond motifs is 3. The molecular weight excluding hydrogens is 228 g/mol. The van der Waals surface area contributed by atoms with Gasteiger partial charge in [-0.25, -0.2) is 4.98 Å². The highest BCUT2D eigenvalue weighted by Gasteiger charge is 2.09. The quantitative estimate of drug-likeness (QED) is 0.487. The van der Waals surface area contributed by atoms with Gasteiger partial charge in [-0.2, -0.15) is 0 Å². The molecule has 0 aliphatic carbocycles. The Bertz CT molecular complexity index is 747. The second kappa shape index (κ2) is 4.87. The standard InChI is InChI=1S/C12H8N2O2.C2H6/c15-12-10-5-2-1-4-8(10)9-6-3-7-13-11(9)14(12)16;1-2/h1-7,16H;1-2H3. The van der Waals surface area contributed by atoms with Crippen molar-refractivity contribution < 1.29 is 5.21 Å². The Morgan fingerprint density at radius 1 is 1.00 bits per heavy atom. The number of pyridine rings is 2. The largest absolute Gasteiger partial charge is 0.423 e. The molecule has 0 radical (unpaired) electrons. The first-order valence-electron chi connectivity index (χ1n) is 5.87. The molecule has 0 aliphatic rings. The summed E-state index contributed by atoms with van der Waals surface area (Å²) < 4.78 is 0.595. The van der Waals surface area contributed by atoms with E-state index in [4.69, 9.17) is 0 Å². The molecule has 1 N–H and O–H groups in total. The number of hydrogen-bond donors (Lipinski definition) is 1. The van der Waals surface area contributed by atoms with E-state index < -0.39 is 5.56 Å². The van der Waals surface area contributed by atoms with Crippen molar-refractivity contribution in [2.45, 2.75) is 13.8 Å². The second-order valence-corrected chi connectivity index (χ2v) is 3.54. The molecule has 3 aromatic rings. The third-order valence-electron chi connectivity index (χ3n) is 2.63. The fourth-order valence-electron chi connectivity index (χ4n) is 1.89. The van der Waals surface area contributed by atoms with Crippen molar-refractivity contribution >= 4 is 21.8 Å². The maximum atomic E-state index is 11.8. The van der Waals surface area contributed by atoms with Gasteiger partial charge in [-0.3, -0.25) is 4.79 Å². The number of aromatic nitrogens is 2. The Morgan fingerprint density at radius 3 is 2.33 bits per heavy atom. The molecule has 0 spiro atoms. The van der Waals surface area contributed by atoms with Crippen molar-refractivity contribution in [1.82, 2.24) is 9.71 Å². The molecule has 0 atom stereocenters. The maximum Gasteiger partial charge on any atom is 0.292 e. The van der Waals surface area contributed by atoms with E-state index in [0.717, 1.165) is 10.8 Å². The van der Waals surface area contributed by atoms with Crippen LogP contribution in [0.3, 0.4) is 0 Å². The second-order valence-electron chi connectivity index (χ2n) is 3.54. The highest BCUT2D eigenvalue weighted by atomic mass is 16.5. The molecule has 2 aromatic heterocycles. The first-order chi connectivity index (χ1) is 8.79. The molecule has 1 aromatic carbocycles. The van der Waals surface area contributed by atoms with Gasteiger partial charge in [-0.1, -0.05) is 32.0 Å². The van der Waals surface area contributed by atoms with Crippen LogP contribution in [-0.2, 0) is 0 Å². The zero-order chi connectivity index (χ0) is 13.1. The van der Waals surface area contributed by atoms with Crippen LogP contribution in [0, 0.1) is 0 Å². The fraction of sp³-hybridized carbons (Fsp3) is 0.143. The molecule has 18 heavy (non-hydrogen) atoms. The minimum absolute atomic E-state index is 0.284. The lowest BCUT2D eigenvalue weighted by molar-refractivity contribution is 0.188. The lowest BCUT2D eigenvalue weighted by Gasteiger charge is -2.05. The van der Waals surface area contributed by atoms with E-state index >= 15 is 0 Å². The van der Waals surface area contributed by atoms with Gasteiger partial charge in [0.2, 0.25) is 0 Å². The Balaban J connectivity index is 0.000000574. The average Bonchev–Trinajstić information content (AvgIpc) is 2.47. The fourth-order valence-corrected chi connectivity index (χ4v) is 1.89. The normalized spacial score (nSPS) is 10.1. The monoisotopic (exact) mass is 242 g/mol. The van der Waals surface area contributed by atoms with Gasteiger partial charge in [-0.15, -0.1) is 4.73 Å². The zero-order valence-electron chi connectivity index (χ0n) is 10.3. The van der Waals surface area contributed by atoms with Gasteiger partial charge in [0.05, 0.1) is 5.39 Å². The highest BCUT2D eigenvalue weighted by molar-refractivity contribution is 6.03. The van der Waals surface area contributed by atoms with Gasteiger partial charge in [0, 0.05) is 11.6 Å². The Labute approximate surface area is 104 Å². The van der Waals surface area contributed by atoms with Gasteiger partial charge in [0.1, 0.15) is 0 Å². The van der Waals surface area contributed by atoms with E-state index in [-0.39, 0.29) is 5.65 Å². The molecule has 2 heterocycles. The third kappa shape index (κ3) is 1.72. The molecule has 0 bridgehead atoms. The minimum atomic E-state index is -0.443. The summed E-state index contributed by atoms with van der Waals surface area (Å²) in [6.07, 6.45) is 1.54. The molecule has 4 heteroatoms. The first kappa shape index (κ1) is 12.1. The summed E-state index contributed by atoms with van der Waals surface area (Å²) in [6, 6.07) is 10.8. The lowest BCUT2D eigenvalue weighted by Crippen LogP contribution is -2.18. The van der Waals surface area contributed by atoms with Gasteiger partial charge in [0.15, 0.2) is 5.65 Å². The highest BCUT2D eigenvalue weighted by Crippen LogP contribution is 2.19. The average molecular weight is 242 g/mol. The van der Waals surface area contributed by atoms with Crippen molar-refractivity contribution in [3.63, 3.8) is 0 Å². The molecule has 0 fully saturated rings. The smallest absolute Gasteiger partial charge is 0.292 e. The van der Waals surface area contributed by atoms with E-state index in [0.29, 0.717) is 10.1 Å². The number of nitrogens with zero attached hydrogens (tertiary/aromatic N) is 2. The van der Waals surface area contributed by atoms with Gasteiger partial charge in [-0.05, 0) is 23.6 Å². The van der Waals surface area contributed by atoms with Gasteiger partial charge < -0.3 is 5.21 Å². The molecule has 0 saturated carbocycles. The topological polar surface area (TPSA) is 55.1 Å². The maximum absolute atomic E-state index is 11.8. The zero-order valence-corrected chi connectivity index (χ0v) is 10.3. The number of hydrogen-bond acceptors (Lipinski definition) is 3. The molecule has 4 nitrogen and oxygen atoms in total. The lowest BCUT2D eigenvalue weighted by atomic mass is 10.1. The van der Waals surface area contributed by atoms with E-state index in [9.17, 15) is 10.0 Å². The third-order valence-corrected chi connectivity index (χ3v) is 2.63. The Kier molecular flexibility index (Phi) is 3.28. The Hall–Kier alpha value is -2.36. The van der Waals surface area contributed by atoms with Crippen LogP contribution < -0.4 is 5.56 Å².